The molecule has 3 unspecified atom stereocenters. The van der Waals surface area contributed by atoms with E-state index in [0.717, 1.165) is 42.7 Å². The van der Waals surface area contributed by atoms with Crippen molar-refractivity contribution in [1.29, 1.82) is 0 Å². The van der Waals surface area contributed by atoms with E-state index in [1.54, 1.807) is 5.57 Å². The van der Waals surface area contributed by atoms with Gasteiger partial charge in [0.2, 0.25) is 0 Å². The molecule has 3 saturated carbocycles. The lowest BCUT2D eigenvalue weighted by Crippen LogP contribution is -2.51. The highest BCUT2D eigenvalue weighted by molar-refractivity contribution is 5.96. The molecule has 4 rings (SSSR count). The molecule has 0 aliphatic heterocycles. The second kappa shape index (κ2) is 6.94. The Morgan fingerprint density at radius 1 is 1.15 bits per heavy atom. The van der Waals surface area contributed by atoms with Gasteiger partial charge < -0.3 is 15.7 Å². The Kier molecular flexibility index (Phi) is 4.94. The molecule has 4 nitrogen and oxygen atoms in total. The predicted molar refractivity (Wildman–Crippen MR) is 105 cm³/mol. The van der Waals surface area contributed by atoms with Crippen molar-refractivity contribution in [3.63, 3.8) is 0 Å². The molecule has 0 heterocycles. The van der Waals surface area contributed by atoms with Gasteiger partial charge in [-0.2, -0.15) is 0 Å². The second-order valence-electron chi connectivity index (χ2n) is 9.70. The molecule has 3 fully saturated rings. The molecular weight excluding hydrogens is 324 g/mol. The van der Waals surface area contributed by atoms with Crippen molar-refractivity contribution < 1.29 is 9.94 Å². The number of oxime groups is 1. The van der Waals surface area contributed by atoms with E-state index in [-0.39, 0.29) is 11.5 Å². The molecule has 0 bridgehead atoms. The lowest BCUT2D eigenvalue weighted by molar-refractivity contribution is -0.0722. The Hall–Kier alpha value is -0.870. The van der Waals surface area contributed by atoms with Crippen molar-refractivity contribution in [2.75, 3.05) is 13.2 Å². The highest BCUT2D eigenvalue weighted by Crippen LogP contribution is 2.65. The number of rotatable bonds is 4. The van der Waals surface area contributed by atoms with Gasteiger partial charge >= 0.3 is 0 Å². The fourth-order valence-corrected chi connectivity index (χ4v) is 6.89. The van der Waals surface area contributed by atoms with Crippen molar-refractivity contribution >= 4 is 5.71 Å². The predicted octanol–water partition coefficient (Wildman–Crippen LogP) is 4.03. The van der Waals surface area contributed by atoms with Crippen LogP contribution in [-0.4, -0.2) is 30.1 Å². The first-order chi connectivity index (χ1) is 12.5. The van der Waals surface area contributed by atoms with Gasteiger partial charge in [0.25, 0.3) is 0 Å². The molecular formula is C22H36N2O2. The molecule has 4 heteroatoms. The zero-order valence-electron chi connectivity index (χ0n) is 16.5. The minimum absolute atomic E-state index is 0.0750. The number of nitrogens with two attached hydrogens (primary N) is 1. The molecule has 6 atom stereocenters. The molecule has 0 aromatic carbocycles. The normalized spacial score (nSPS) is 46.3. The van der Waals surface area contributed by atoms with E-state index in [4.69, 9.17) is 10.6 Å². The van der Waals surface area contributed by atoms with Crippen LogP contribution in [0.15, 0.2) is 16.8 Å². The fraction of sp³-hybridized carbons (Fsp3) is 0.864. The van der Waals surface area contributed by atoms with Crippen molar-refractivity contribution in [2.24, 2.45) is 39.5 Å². The number of aliphatic hydroxyl groups is 1. The van der Waals surface area contributed by atoms with E-state index in [2.05, 4.69) is 25.1 Å². The van der Waals surface area contributed by atoms with Crippen LogP contribution in [0.4, 0.5) is 0 Å². The van der Waals surface area contributed by atoms with Gasteiger partial charge in [-0.05, 0) is 99.0 Å². The Labute approximate surface area is 158 Å². The minimum Gasteiger partial charge on any atom is -0.396 e. The lowest BCUT2D eigenvalue weighted by Gasteiger charge is -2.57. The SMILES string of the molecule is C[C@]12CC/C(=N/OCCCN)C=C1CCC1C2CC[C@@]2(C)C1CC[C@H]2O. The molecule has 4 aliphatic carbocycles. The molecule has 0 aromatic rings. The highest BCUT2D eigenvalue weighted by atomic mass is 16.6. The third-order valence-electron chi connectivity index (χ3n) is 8.55. The summed E-state index contributed by atoms with van der Waals surface area (Å²) in [7, 11) is 0. The molecule has 0 amide bonds. The summed E-state index contributed by atoms with van der Waals surface area (Å²) in [5.41, 5.74) is 8.74. The number of hydrogen-bond donors (Lipinski definition) is 2. The third kappa shape index (κ3) is 2.84. The zero-order valence-corrected chi connectivity index (χ0v) is 16.5. The van der Waals surface area contributed by atoms with Gasteiger partial charge in [-0.3, -0.25) is 0 Å². The van der Waals surface area contributed by atoms with Crippen LogP contribution in [0, 0.1) is 28.6 Å². The van der Waals surface area contributed by atoms with Crippen LogP contribution in [0.5, 0.6) is 0 Å². The monoisotopic (exact) mass is 360 g/mol. The van der Waals surface area contributed by atoms with E-state index in [1.165, 1.54) is 38.5 Å². The van der Waals surface area contributed by atoms with E-state index in [0.29, 0.717) is 18.6 Å². The first-order valence-electron chi connectivity index (χ1n) is 10.8. The Morgan fingerprint density at radius 2 is 2.00 bits per heavy atom. The smallest absolute Gasteiger partial charge is 0.118 e. The average molecular weight is 361 g/mol. The van der Waals surface area contributed by atoms with E-state index >= 15 is 0 Å². The van der Waals surface area contributed by atoms with Gasteiger partial charge in [0.05, 0.1) is 11.8 Å². The molecule has 4 aliphatic rings. The molecule has 146 valence electrons. The Balaban J connectivity index is 1.52. The van der Waals surface area contributed by atoms with Gasteiger partial charge in [0.1, 0.15) is 6.61 Å². The number of fused-ring (bicyclic) bond motifs is 5. The average Bonchev–Trinajstić information content (AvgIpc) is 2.94. The molecule has 26 heavy (non-hydrogen) atoms. The fourth-order valence-electron chi connectivity index (χ4n) is 6.89. The maximum Gasteiger partial charge on any atom is 0.118 e. The van der Waals surface area contributed by atoms with Gasteiger partial charge in [-0.25, -0.2) is 0 Å². The number of nitrogens with zero attached hydrogens (tertiary/aromatic N) is 1. The van der Waals surface area contributed by atoms with Crippen molar-refractivity contribution in [2.45, 2.75) is 77.7 Å². The maximum atomic E-state index is 10.6. The summed E-state index contributed by atoms with van der Waals surface area (Å²) < 4.78 is 0. The first kappa shape index (κ1) is 18.5. The molecule has 0 spiro atoms. The maximum absolute atomic E-state index is 10.6. The van der Waals surface area contributed by atoms with Gasteiger partial charge in [-0.15, -0.1) is 0 Å². The third-order valence-corrected chi connectivity index (χ3v) is 8.55. The second-order valence-corrected chi connectivity index (χ2v) is 9.70. The van der Waals surface area contributed by atoms with Gasteiger partial charge in [0.15, 0.2) is 0 Å². The summed E-state index contributed by atoms with van der Waals surface area (Å²) in [5, 5.41) is 14.9. The topological polar surface area (TPSA) is 67.8 Å². The van der Waals surface area contributed by atoms with Crippen molar-refractivity contribution in [3.8, 4) is 0 Å². The van der Waals surface area contributed by atoms with Crippen molar-refractivity contribution in [1.82, 2.24) is 0 Å². The van der Waals surface area contributed by atoms with E-state index in [1.807, 2.05) is 0 Å². The van der Waals surface area contributed by atoms with Crippen LogP contribution in [0.3, 0.4) is 0 Å². The largest absolute Gasteiger partial charge is 0.396 e. The van der Waals surface area contributed by atoms with Gasteiger partial charge in [0, 0.05) is 0 Å². The number of hydrogen-bond acceptors (Lipinski definition) is 4. The molecule has 0 aromatic heterocycles. The summed E-state index contributed by atoms with van der Waals surface area (Å²) in [6, 6.07) is 0. The number of aliphatic hydroxyl groups excluding tert-OH is 1. The Bertz CT molecular complexity index is 601. The molecule has 0 radical (unpaired) electrons. The minimum atomic E-state index is -0.0750. The summed E-state index contributed by atoms with van der Waals surface area (Å²) in [6.07, 6.45) is 12.6. The zero-order chi connectivity index (χ0) is 18.4. The Morgan fingerprint density at radius 3 is 2.81 bits per heavy atom. The first-order valence-corrected chi connectivity index (χ1v) is 10.8. The highest BCUT2D eigenvalue weighted by Gasteiger charge is 2.58. The quantitative estimate of drug-likeness (QED) is 0.587. The van der Waals surface area contributed by atoms with Crippen LogP contribution in [0.25, 0.3) is 0 Å². The van der Waals surface area contributed by atoms with Gasteiger partial charge in [-0.1, -0.05) is 24.6 Å². The standard InChI is InChI=1S/C22H36N2O2/c1-21-10-8-16(24-26-13-3-12-23)14-15(21)4-5-17-18-6-7-20(25)22(18,2)11-9-19(17)21/h14,17-20,25H,3-13,23H2,1-2H3/b24-16-/t17?,18?,19?,20-,21+,22+/m1/s1. The number of allylic oxidation sites excluding steroid dienone is 2. The van der Waals surface area contributed by atoms with E-state index in [9.17, 15) is 5.11 Å². The summed E-state index contributed by atoms with van der Waals surface area (Å²) in [5.74, 6) is 2.31. The summed E-state index contributed by atoms with van der Waals surface area (Å²) >= 11 is 0. The van der Waals surface area contributed by atoms with Crippen LogP contribution in [-0.2, 0) is 4.84 Å². The molecule has 0 saturated heterocycles. The lowest BCUT2D eigenvalue weighted by atomic mass is 9.47. The van der Waals surface area contributed by atoms with Crippen LogP contribution < -0.4 is 5.73 Å². The van der Waals surface area contributed by atoms with Crippen LogP contribution in [0.2, 0.25) is 0 Å². The van der Waals surface area contributed by atoms with Crippen LogP contribution in [0.1, 0.15) is 71.6 Å². The summed E-state index contributed by atoms with van der Waals surface area (Å²) in [4.78, 5) is 5.45. The van der Waals surface area contributed by atoms with E-state index < -0.39 is 0 Å². The van der Waals surface area contributed by atoms with Crippen LogP contribution >= 0.6 is 0 Å². The van der Waals surface area contributed by atoms with Crippen molar-refractivity contribution in [3.05, 3.63) is 11.6 Å². The summed E-state index contributed by atoms with van der Waals surface area (Å²) in [6.45, 7) is 6.15. The molecule has 3 N–H and O–H groups in total.